The van der Waals surface area contributed by atoms with E-state index in [1.165, 1.54) is 0 Å². The number of nitrogens with zero attached hydrogens (tertiary/aromatic N) is 1. The molecule has 0 bridgehead atoms. The zero-order valence-electron chi connectivity index (χ0n) is 21.3. The van der Waals surface area contributed by atoms with Crippen LogP contribution in [0.5, 0.6) is 5.75 Å². The second-order valence-electron chi connectivity index (χ2n) is 11.3. The van der Waals surface area contributed by atoms with Gasteiger partial charge in [0.15, 0.2) is 0 Å². The van der Waals surface area contributed by atoms with Crippen molar-refractivity contribution in [3.8, 4) is 5.75 Å². The lowest BCUT2D eigenvalue weighted by Crippen LogP contribution is -2.49. The van der Waals surface area contributed by atoms with E-state index in [1.807, 2.05) is 51.1 Å². The van der Waals surface area contributed by atoms with Crippen LogP contribution in [-0.4, -0.2) is 39.1 Å². The number of amides is 1. The van der Waals surface area contributed by atoms with Crippen molar-refractivity contribution >= 4 is 23.5 Å². The standard InChI is InChI=1S/C29H37ClN2O4/c1-29(2,3)22-23(31-17-20-15-10-16-21(30)26(20)33)24(18-11-6-4-7-12-18)32(25(22)28(35)36)27(34)19-13-8-5-9-14-19/h4,6-7,10-12,15-16,19,22-25,31,33H,5,8-9,13-14,17H2,1-3H3,(H,35,36)/t22-,23-,24-,25-/m1/s1. The number of para-hydroxylation sites is 1. The van der Waals surface area contributed by atoms with Crippen molar-refractivity contribution in [2.75, 3.05) is 0 Å². The Kier molecular flexibility index (Phi) is 7.96. The van der Waals surface area contributed by atoms with Crippen molar-refractivity contribution in [2.24, 2.45) is 17.3 Å². The summed E-state index contributed by atoms with van der Waals surface area (Å²) in [6.07, 6.45) is 4.72. The number of phenols is 1. The molecule has 0 spiro atoms. The van der Waals surface area contributed by atoms with Crippen LogP contribution >= 0.6 is 11.6 Å². The van der Waals surface area contributed by atoms with Gasteiger partial charge in [0.2, 0.25) is 5.91 Å². The maximum atomic E-state index is 14.1. The molecule has 194 valence electrons. The lowest BCUT2D eigenvalue weighted by atomic mass is 9.72. The molecule has 1 amide bonds. The summed E-state index contributed by atoms with van der Waals surface area (Å²) in [7, 11) is 0. The van der Waals surface area contributed by atoms with Gasteiger partial charge in [0.05, 0.1) is 11.1 Å². The highest BCUT2D eigenvalue weighted by atomic mass is 35.5. The number of hydrogen-bond acceptors (Lipinski definition) is 4. The first-order valence-corrected chi connectivity index (χ1v) is 13.3. The van der Waals surface area contributed by atoms with Crippen LogP contribution < -0.4 is 5.32 Å². The molecule has 1 aliphatic carbocycles. The topological polar surface area (TPSA) is 89.9 Å². The normalized spacial score (nSPS) is 25.2. The maximum absolute atomic E-state index is 14.1. The molecule has 0 radical (unpaired) electrons. The van der Waals surface area contributed by atoms with Gasteiger partial charge in [-0.05, 0) is 29.9 Å². The highest BCUT2D eigenvalue weighted by Gasteiger charge is 2.58. The van der Waals surface area contributed by atoms with Gasteiger partial charge in [-0.1, -0.05) is 94.1 Å². The molecule has 2 fully saturated rings. The fourth-order valence-electron chi connectivity index (χ4n) is 6.22. The molecular formula is C29H37ClN2O4. The van der Waals surface area contributed by atoms with Gasteiger partial charge in [0.25, 0.3) is 0 Å². The third-order valence-electron chi connectivity index (χ3n) is 7.87. The molecule has 6 nitrogen and oxygen atoms in total. The fourth-order valence-corrected chi connectivity index (χ4v) is 6.41. The summed E-state index contributed by atoms with van der Waals surface area (Å²) in [5.41, 5.74) is 1.13. The van der Waals surface area contributed by atoms with Crippen LogP contribution in [0.15, 0.2) is 48.5 Å². The van der Waals surface area contributed by atoms with Gasteiger partial charge in [-0.2, -0.15) is 0 Å². The number of aromatic hydroxyl groups is 1. The molecule has 7 heteroatoms. The minimum Gasteiger partial charge on any atom is -0.506 e. The van der Waals surface area contributed by atoms with Crippen molar-refractivity contribution in [3.05, 3.63) is 64.7 Å². The van der Waals surface area contributed by atoms with Crippen LogP contribution in [0, 0.1) is 17.3 Å². The number of phenolic OH excluding ortho intramolecular Hbond substituents is 1. The summed E-state index contributed by atoms with van der Waals surface area (Å²) < 4.78 is 0. The van der Waals surface area contributed by atoms with Crippen LogP contribution in [0.25, 0.3) is 0 Å². The predicted molar refractivity (Wildman–Crippen MR) is 141 cm³/mol. The van der Waals surface area contributed by atoms with E-state index in [1.54, 1.807) is 23.1 Å². The summed E-state index contributed by atoms with van der Waals surface area (Å²) in [6.45, 7) is 6.41. The minimum absolute atomic E-state index is 0.0122. The van der Waals surface area contributed by atoms with Crippen LogP contribution in [0.1, 0.15) is 70.0 Å². The minimum atomic E-state index is -0.977. The summed E-state index contributed by atoms with van der Waals surface area (Å²) in [5.74, 6) is -1.54. The number of carboxylic acid groups (broad SMARTS) is 1. The second kappa shape index (κ2) is 10.8. The quantitative estimate of drug-likeness (QED) is 0.456. The molecule has 3 N–H and O–H groups in total. The van der Waals surface area contributed by atoms with E-state index >= 15 is 0 Å². The monoisotopic (exact) mass is 512 g/mol. The Balaban J connectivity index is 1.80. The smallest absolute Gasteiger partial charge is 0.326 e. The van der Waals surface area contributed by atoms with Gasteiger partial charge in [-0.15, -0.1) is 0 Å². The molecule has 36 heavy (non-hydrogen) atoms. The molecule has 4 atom stereocenters. The number of nitrogens with one attached hydrogen (secondary N) is 1. The lowest BCUT2D eigenvalue weighted by Gasteiger charge is -2.36. The third kappa shape index (κ3) is 5.25. The van der Waals surface area contributed by atoms with Crippen molar-refractivity contribution in [1.29, 1.82) is 0 Å². The number of likely N-dealkylation sites (tertiary alicyclic amines) is 1. The number of carbonyl (C=O) groups excluding carboxylic acids is 1. The Morgan fingerprint density at radius 3 is 2.31 bits per heavy atom. The van der Waals surface area contributed by atoms with E-state index < -0.39 is 23.5 Å². The van der Waals surface area contributed by atoms with Crippen molar-refractivity contribution in [2.45, 2.75) is 77.5 Å². The van der Waals surface area contributed by atoms with Crippen LogP contribution in [0.3, 0.4) is 0 Å². The summed E-state index contributed by atoms with van der Waals surface area (Å²) in [4.78, 5) is 28.6. The first-order chi connectivity index (χ1) is 17.1. The molecule has 0 aromatic heterocycles. The van der Waals surface area contributed by atoms with Gasteiger partial charge >= 0.3 is 5.97 Å². The Labute approximate surface area is 218 Å². The molecule has 1 saturated carbocycles. The van der Waals surface area contributed by atoms with Gasteiger partial charge in [0.1, 0.15) is 11.8 Å². The molecule has 1 saturated heterocycles. The zero-order valence-corrected chi connectivity index (χ0v) is 22.0. The van der Waals surface area contributed by atoms with E-state index in [9.17, 15) is 19.8 Å². The number of hydrogen-bond donors (Lipinski definition) is 3. The molecule has 2 aliphatic rings. The third-order valence-corrected chi connectivity index (χ3v) is 8.17. The summed E-state index contributed by atoms with van der Waals surface area (Å²) in [5, 5.41) is 24.9. The van der Waals surface area contributed by atoms with E-state index in [0.717, 1.165) is 37.7 Å². The molecule has 1 heterocycles. The molecular weight excluding hydrogens is 476 g/mol. The molecule has 1 aliphatic heterocycles. The Bertz CT molecular complexity index is 1080. The summed E-state index contributed by atoms with van der Waals surface area (Å²) >= 11 is 6.14. The van der Waals surface area contributed by atoms with Gasteiger partial charge < -0.3 is 20.4 Å². The number of halogens is 1. The average molecular weight is 513 g/mol. The maximum Gasteiger partial charge on any atom is 0.326 e. The Morgan fingerprint density at radius 1 is 1.03 bits per heavy atom. The predicted octanol–water partition coefficient (Wildman–Crippen LogP) is 5.78. The Morgan fingerprint density at radius 2 is 1.69 bits per heavy atom. The molecule has 2 aromatic carbocycles. The van der Waals surface area contributed by atoms with Crippen molar-refractivity contribution in [1.82, 2.24) is 10.2 Å². The number of benzene rings is 2. The number of carbonyl (C=O) groups is 2. The van der Waals surface area contributed by atoms with E-state index in [0.29, 0.717) is 12.1 Å². The van der Waals surface area contributed by atoms with Crippen LogP contribution in [0.2, 0.25) is 5.02 Å². The second-order valence-corrected chi connectivity index (χ2v) is 11.7. The number of rotatable bonds is 6. The van der Waals surface area contributed by atoms with Crippen LogP contribution in [0.4, 0.5) is 0 Å². The van der Waals surface area contributed by atoms with Gasteiger partial charge in [-0.25, -0.2) is 4.79 Å². The zero-order chi connectivity index (χ0) is 26.0. The SMILES string of the molecule is CC(C)(C)[C@@H]1[C@@H](NCc2cccc(Cl)c2O)[C@@H](c2ccccc2)N(C(=O)C2CCCCC2)[C@H]1C(=O)O. The average Bonchev–Trinajstić information content (AvgIpc) is 3.21. The van der Waals surface area contributed by atoms with Crippen LogP contribution in [-0.2, 0) is 16.1 Å². The van der Waals surface area contributed by atoms with E-state index in [-0.39, 0.29) is 34.6 Å². The van der Waals surface area contributed by atoms with Crippen molar-refractivity contribution < 1.29 is 19.8 Å². The molecule has 2 aromatic rings. The van der Waals surface area contributed by atoms with Crippen molar-refractivity contribution in [3.63, 3.8) is 0 Å². The largest absolute Gasteiger partial charge is 0.506 e. The first-order valence-electron chi connectivity index (χ1n) is 12.9. The first kappa shape index (κ1) is 26.5. The van der Waals surface area contributed by atoms with Gasteiger partial charge in [-0.3, -0.25) is 4.79 Å². The summed E-state index contributed by atoms with van der Waals surface area (Å²) in [6, 6.07) is 13.2. The number of carboxylic acids is 1. The Hall–Kier alpha value is -2.57. The highest BCUT2D eigenvalue weighted by Crippen LogP contribution is 2.49. The highest BCUT2D eigenvalue weighted by molar-refractivity contribution is 6.32. The van der Waals surface area contributed by atoms with E-state index in [4.69, 9.17) is 11.6 Å². The fraction of sp³-hybridized carbons (Fsp3) is 0.517. The number of aliphatic carboxylic acids is 1. The van der Waals surface area contributed by atoms with E-state index in [2.05, 4.69) is 5.32 Å². The molecule has 0 unspecified atom stereocenters. The molecule has 4 rings (SSSR count). The van der Waals surface area contributed by atoms with Gasteiger partial charge in [0, 0.05) is 30.0 Å². The lowest BCUT2D eigenvalue weighted by molar-refractivity contribution is -0.154.